The number of pyridine rings is 1. The third-order valence-corrected chi connectivity index (χ3v) is 5.94. The first-order valence-electron chi connectivity index (χ1n) is 11.2. The predicted molar refractivity (Wildman–Crippen MR) is 126 cm³/mol. The van der Waals surface area contributed by atoms with Crippen molar-refractivity contribution in [2.75, 3.05) is 7.11 Å². The van der Waals surface area contributed by atoms with Crippen molar-refractivity contribution in [3.63, 3.8) is 0 Å². The molecule has 0 saturated heterocycles. The fourth-order valence-corrected chi connectivity index (χ4v) is 3.92. The van der Waals surface area contributed by atoms with Gasteiger partial charge in [0.1, 0.15) is 17.7 Å². The SMILES string of the molecule is COc1ccc([C@H](Oc2ccc3c(cnn3-c3ccc(F)cc3)c2)[C@H](C)NC(=O)C2CC2)cn1. The van der Waals surface area contributed by atoms with E-state index in [-0.39, 0.29) is 23.7 Å². The second-order valence-corrected chi connectivity index (χ2v) is 8.50. The van der Waals surface area contributed by atoms with Crippen molar-refractivity contribution >= 4 is 16.8 Å². The Labute approximate surface area is 196 Å². The van der Waals surface area contributed by atoms with Gasteiger partial charge in [-0.3, -0.25) is 4.79 Å². The van der Waals surface area contributed by atoms with E-state index in [4.69, 9.17) is 9.47 Å². The first kappa shape index (κ1) is 21.9. The third-order valence-electron chi connectivity index (χ3n) is 5.94. The molecule has 174 valence electrons. The summed E-state index contributed by atoms with van der Waals surface area (Å²) in [5.41, 5.74) is 2.46. The molecule has 0 radical (unpaired) electrons. The number of fused-ring (bicyclic) bond motifs is 1. The molecule has 1 aliphatic rings. The van der Waals surface area contributed by atoms with E-state index in [1.54, 1.807) is 42.4 Å². The van der Waals surface area contributed by atoms with Crippen LogP contribution in [0.15, 0.2) is 67.0 Å². The molecular formula is C26H25FN4O3. The Kier molecular flexibility index (Phi) is 5.88. The highest BCUT2D eigenvalue weighted by Gasteiger charge is 2.32. The summed E-state index contributed by atoms with van der Waals surface area (Å²) < 4.78 is 26.6. The number of nitrogens with zero attached hydrogens (tertiary/aromatic N) is 3. The van der Waals surface area contributed by atoms with Gasteiger partial charge in [0.05, 0.1) is 30.6 Å². The molecule has 4 aromatic rings. The van der Waals surface area contributed by atoms with Gasteiger partial charge in [0, 0.05) is 29.1 Å². The Morgan fingerprint density at radius 3 is 2.59 bits per heavy atom. The number of rotatable bonds is 8. The quantitative estimate of drug-likeness (QED) is 0.416. The van der Waals surface area contributed by atoms with Crippen LogP contribution in [0, 0.1) is 11.7 Å². The number of nitrogens with one attached hydrogen (secondary N) is 1. The van der Waals surface area contributed by atoms with Crippen molar-refractivity contribution in [2.24, 2.45) is 5.92 Å². The summed E-state index contributed by atoms with van der Waals surface area (Å²) in [6, 6.07) is 15.3. The normalized spacial score (nSPS) is 15.0. The van der Waals surface area contributed by atoms with Crippen LogP contribution in [0.5, 0.6) is 11.6 Å². The molecule has 1 N–H and O–H groups in total. The second kappa shape index (κ2) is 9.13. The Morgan fingerprint density at radius 2 is 1.91 bits per heavy atom. The molecule has 0 bridgehead atoms. The minimum atomic E-state index is -0.453. The van der Waals surface area contributed by atoms with Crippen molar-refractivity contribution in [2.45, 2.75) is 31.9 Å². The van der Waals surface area contributed by atoms with E-state index >= 15 is 0 Å². The van der Waals surface area contributed by atoms with E-state index in [1.165, 1.54) is 12.1 Å². The molecule has 0 spiro atoms. The Balaban J connectivity index is 1.42. The molecule has 7 nitrogen and oxygen atoms in total. The number of benzene rings is 2. The number of hydrogen-bond donors (Lipinski definition) is 1. The summed E-state index contributed by atoms with van der Waals surface area (Å²) in [4.78, 5) is 16.7. The Morgan fingerprint density at radius 1 is 1.12 bits per heavy atom. The summed E-state index contributed by atoms with van der Waals surface area (Å²) in [6.45, 7) is 1.93. The summed E-state index contributed by atoms with van der Waals surface area (Å²) in [5.74, 6) is 1.01. The average molecular weight is 461 g/mol. The highest BCUT2D eigenvalue weighted by atomic mass is 19.1. The van der Waals surface area contributed by atoms with Crippen LogP contribution < -0.4 is 14.8 Å². The molecule has 1 aliphatic carbocycles. The van der Waals surface area contributed by atoms with E-state index in [0.29, 0.717) is 11.6 Å². The molecule has 0 unspecified atom stereocenters. The molecular weight excluding hydrogens is 435 g/mol. The largest absolute Gasteiger partial charge is 0.484 e. The van der Waals surface area contributed by atoms with E-state index in [9.17, 15) is 9.18 Å². The first-order valence-corrected chi connectivity index (χ1v) is 11.2. The standard InChI is InChI=1S/C26H25FN4O3/c1-16(30-26(32)17-3-4-17)25(18-5-12-24(33-2)28-14-18)34-22-10-11-23-19(13-22)15-29-31(23)21-8-6-20(27)7-9-21/h5-17,25H,3-4H2,1-2H3,(H,30,32)/t16-,25+/m0/s1. The molecule has 1 fully saturated rings. The maximum Gasteiger partial charge on any atom is 0.223 e. The van der Waals surface area contributed by atoms with E-state index < -0.39 is 6.10 Å². The number of ether oxygens (including phenoxy) is 2. The molecule has 5 rings (SSSR count). The fourth-order valence-electron chi connectivity index (χ4n) is 3.92. The van der Waals surface area contributed by atoms with Crippen LogP contribution >= 0.6 is 0 Å². The van der Waals surface area contributed by atoms with Gasteiger partial charge >= 0.3 is 0 Å². The van der Waals surface area contributed by atoms with Gasteiger partial charge in [-0.25, -0.2) is 14.1 Å². The minimum Gasteiger partial charge on any atom is -0.484 e. The fraction of sp³-hybridized carbons (Fsp3) is 0.269. The summed E-state index contributed by atoms with van der Waals surface area (Å²) in [7, 11) is 1.57. The molecule has 0 aliphatic heterocycles. The Bertz CT molecular complexity index is 1300. The van der Waals surface area contributed by atoms with Gasteiger partial charge in [-0.15, -0.1) is 0 Å². The van der Waals surface area contributed by atoms with Crippen LogP contribution in [0.25, 0.3) is 16.6 Å². The highest BCUT2D eigenvalue weighted by Crippen LogP contribution is 2.32. The van der Waals surface area contributed by atoms with E-state index in [1.807, 2.05) is 31.2 Å². The molecule has 2 aromatic heterocycles. The van der Waals surface area contributed by atoms with Crippen molar-refractivity contribution in [3.05, 3.63) is 78.4 Å². The average Bonchev–Trinajstić information content (AvgIpc) is 3.63. The number of amides is 1. The van der Waals surface area contributed by atoms with Gasteiger partial charge < -0.3 is 14.8 Å². The Hall–Kier alpha value is -3.94. The number of carbonyl (C=O) groups is 1. The molecule has 2 heterocycles. The van der Waals surface area contributed by atoms with Crippen LogP contribution in [-0.2, 0) is 4.79 Å². The number of methoxy groups -OCH3 is 1. The van der Waals surface area contributed by atoms with E-state index in [2.05, 4.69) is 15.4 Å². The summed E-state index contributed by atoms with van der Waals surface area (Å²) in [5, 5.41) is 8.42. The van der Waals surface area contributed by atoms with Crippen LogP contribution in [0.4, 0.5) is 4.39 Å². The van der Waals surface area contributed by atoms with Gasteiger partial charge in [-0.2, -0.15) is 5.10 Å². The van der Waals surface area contributed by atoms with Crippen LogP contribution in [0.3, 0.4) is 0 Å². The lowest BCUT2D eigenvalue weighted by Gasteiger charge is -2.26. The van der Waals surface area contributed by atoms with Crippen LogP contribution in [0.1, 0.15) is 31.4 Å². The van der Waals surface area contributed by atoms with E-state index in [0.717, 1.165) is 35.0 Å². The molecule has 34 heavy (non-hydrogen) atoms. The van der Waals surface area contributed by atoms with Gasteiger partial charge in [0.15, 0.2) is 0 Å². The van der Waals surface area contributed by atoms with Crippen molar-refractivity contribution < 1.29 is 18.7 Å². The van der Waals surface area contributed by atoms with Crippen molar-refractivity contribution in [1.29, 1.82) is 0 Å². The zero-order valence-electron chi connectivity index (χ0n) is 18.9. The highest BCUT2D eigenvalue weighted by molar-refractivity contribution is 5.82. The second-order valence-electron chi connectivity index (χ2n) is 8.50. The molecule has 2 atom stereocenters. The van der Waals surface area contributed by atoms with Crippen LogP contribution in [-0.4, -0.2) is 33.8 Å². The zero-order chi connectivity index (χ0) is 23.7. The van der Waals surface area contributed by atoms with Gasteiger partial charge in [-0.05, 0) is 68.3 Å². The van der Waals surface area contributed by atoms with Gasteiger partial charge in [0.25, 0.3) is 0 Å². The van der Waals surface area contributed by atoms with Gasteiger partial charge in [-0.1, -0.05) is 0 Å². The smallest absolute Gasteiger partial charge is 0.223 e. The summed E-state index contributed by atoms with van der Waals surface area (Å²) >= 11 is 0. The predicted octanol–water partition coefficient (Wildman–Crippen LogP) is 4.60. The molecule has 1 saturated carbocycles. The number of halogens is 1. The molecule has 8 heteroatoms. The van der Waals surface area contributed by atoms with Gasteiger partial charge in [0.2, 0.25) is 11.8 Å². The molecule has 2 aromatic carbocycles. The molecule has 1 amide bonds. The van der Waals surface area contributed by atoms with Crippen molar-refractivity contribution in [1.82, 2.24) is 20.1 Å². The lowest BCUT2D eigenvalue weighted by molar-refractivity contribution is -0.123. The zero-order valence-corrected chi connectivity index (χ0v) is 18.9. The monoisotopic (exact) mass is 460 g/mol. The first-order chi connectivity index (χ1) is 16.5. The summed E-state index contributed by atoms with van der Waals surface area (Å²) in [6.07, 6.45) is 4.86. The maximum atomic E-state index is 13.3. The van der Waals surface area contributed by atoms with Crippen molar-refractivity contribution in [3.8, 4) is 17.3 Å². The minimum absolute atomic E-state index is 0.0543. The number of aromatic nitrogens is 3. The lowest BCUT2D eigenvalue weighted by Crippen LogP contribution is -2.40. The third kappa shape index (κ3) is 4.57. The number of hydrogen-bond acceptors (Lipinski definition) is 5. The maximum absolute atomic E-state index is 13.3. The number of carbonyl (C=O) groups excluding carboxylic acids is 1. The lowest BCUT2D eigenvalue weighted by atomic mass is 10.0. The topological polar surface area (TPSA) is 78.3 Å². The van der Waals surface area contributed by atoms with Crippen LogP contribution in [0.2, 0.25) is 0 Å².